The number of nitrogens with zero attached hydrogens (tertiary/aromatic N) is 8. The number of fused-ring (bicyclic) bond motifs is 3. The minimum Gasteiger partial charge on any atom is -0.481 e. The molecule has 0 saturated carbocycles. The number of carbonyl (C=O) groups excluding carboxylic acids is 2. The second-order valence-corrected chi connectivity index (χ2v) is 32.5. The van der Waals surface area contributed by atoms with Crippen LogP contribution in [0.15, 0.2) is 260 Å². The topological polar surface area (TPSA) is 264 Å². The standard InChI is InChI=1S/C32H38N4O3S.C25H32N4O.C19H24N4O2S.C13H16O2/c1-5-6-10-27(26-11-8-7-9-12-26)21-32(37)33-23-29(35(3)4)20-25-15-18-31-28(19-25)22-34-36(31)40(38,39)30-16-13-24(2)14-17-30;1-4-5-9-21(20-10-7-6-8-11-20)16-25(30)26-18-23(29(2)3)15-19-12-13-24-22(14-19)17-27-28-24;1-14-4-7-18(8-5-14)26(24,25)23-19-9-6-15(10-16(19)13-21-23)11-17(12-20)22(2)3;1-2-3-7-12(10-13(14)15)11-8-5-4-6-9-11/h5,7-9,11-19,22,27,29H,1,6,10,20-21,23H2,2-4H3,(H,33,37);4,6-8,10-14,17,21,23H,1,5,9,15-16,18H2,2-3H3,(H,26,30)(H,27,28);4-10,13,17H,11-12,20H2,1-3H3;2,4-6,8-9,12H,1,3,7,10H2,(H,14,15)/t27-,29-;21-,23-;17-;12-/m0000/s1. The molecule has 0 bridgehead atoms. The van der Waals surface area contributed by atoms with Gasteiger partial charge in [-0.2, -0.15) is 40.3 Å². The van der Waals surface area contributed by atoms with Gasteiger partial charge in [0, 0.05) is 66.8 Å². The van der Waals surface area contributed by atoms with E-state index in [2.05, 4.69) is 122 Å². The number of H-pyrrole nitrogens is 1. The zero-order chi connectivity index (χ0) is 80.0. The highest BCUT2D eigenvalue weighted by atomic mass is 32.2. The summed E-state index contributed by atoms with van der Waals surface area (Å²) in [5.41, 5.74) is 16.8. The highest BCUT2D eigenvalue weighted by molar-refractivity contribution is 7.90. The molecule has 6 N–H and O–H groups in total. The van der Waals surface area contributed by atoms with E-state index in [-0.39, 0.29) is 63.9 Å². The molecule has 0 unspecified atom stereocenters. The molecule has 0 saturated heterocycles. The Kier molecular flexibility index (Phi) is 33.1. The quantitative estimate of drug-likeness (QED) is 0.0229. The molecular formula is C89H110N12O8S2. The predicted octanol–water partition coefficient (Wildman–Crippen LogP) is 14.8. The number of likely N-dealkylation sites (N-methyl/N-ethyl adjacent to an activating group) is 3. The van der Waals surface area contributed by atoms with Crippen molar-refractivity contribution < 1.29 is 36.3 Å². The first-order valence-corrected chi connectivity index (χ1v) is 40.6. The van der Waals surface area contributed by atoms with Crippen molar-refractivity contribution in [3.63, 3.8) is 0 Å². The average Bonchev–Trinajstić information content (AvgIpc) is 1.64. The van der Waals surface area contributed by atoms with Gasteiger partial charge in [-0.1, -0.05) is 163 Å². The van der Waals surface area contributed by atoms with Gasteiger partial charge in [0.05, 0.1) is 51.4 Å². The van der Waals surface area contributed by atoms with Gasteiger partial charge in [0.1, 0.15) is 0 Å². The lowest BCUT2D eigenvalue weighted by atomic mass is 9.91. The molecule has 3 heterocycles. The number of nitrogens with two attached hydrogens (primary N) is 1. The largest absolute Gasteiger partial charge is 0.481 e. The molecule has 0 spiro atoms. The minimum absolute atomic E-state index is 0.0304. The first kappa shape index (κ1) is 86.1. The summed E-state index contributed by atoms with van der Waals surface area (Å²) < 4.78 is 54.4. The lowest BCUT2D eigenvalue weighted by molar-refractivity contribution is -0.137. The number of aromatic nitrogens is 6. The van der Waals surface area contributed by atoms with E-state index in [4.69, 9.17) is 10.8 Å². The van der Waals surface area contributed by atoms with Crippen molar-refractivity contribution in [3.8, 4) is 0 Å². The van der Waals surface area contributed by atoms with Gasteiger partial charge in [0.2, 0.25) is 11.8 Å². The van der Waals surface area contributed by atoms with E-state index in [1.807, 2.05) is 164 Å². The van der Waals surface area contributed by atoms with Crippen LogP contribution in [-0.2, 0) is 53.7 Å². The summed E-state index contributed by atoms with van der Waals surface area (Å²) in [7, 11) is 4.61. The third-order valence-electron chi connectivity index (χ3n) is 20.0. The second kappa shape index (κ2) is 42.6. The van der Waals surface area contributed by atoms with E-state index in [0.29, 0.717) is 49.9 Å². The van der Waals surface area contributed by atoms with Gasteiger partial charge in [-0.25, -0.2) is 0 Å². The fourth-order valence-corrected chi connectivity index (χ4v) is 15.8. The van der Waals surface area contributed by atoms with Crippen LogP contribution in [0, 0.1) is 13.8 Å². The Bertz CT molecular complexity index is 5010. The number of aryl methyl sites for hydroxylation is 2. The van der Waals surface area contributed by atoms with Crippen LogP contribution in [0.2, 0.25) is 0 Å². The van der Waals surface area contributed by atoms with Gasteiger partial charge in [0.25, 0.3) is 20.0 Å². The number of aromatic amines is 1. The maximum absolute atomic E-state index is 13.2. The fourth-order valence-electron chi connectivity index (χ4n) is 13.2. The zero-order valence-corrected chi connectivity index (χ0v) is 67.0. The molecule has 0 aliphatic rings. The second-order valence-electron chi connectivity index (χ2n) is 28.9. The molecule has 3 aromatic heterocycles. The van der Waals surface area contributed by atoms with Crippen LogP contribution in [0.1, 0.15) is 120 Å². The number of carboxylic acids is 1. The van der Waals surface area contributed by atoms with E-state index in [9.17, 15) is 31.2 Å². The van der Waals surface area contributed by atoms with Crippen molar-refractivity contribution in [2.24, 2.45) is 5.73 Å². The van der Waals surface area contributed by atoms with Crippen LogP contribution >= 0.6 is 0 Å². The van der Waals surface area contributed by atoms with Crippen molar-refractivity contribution in [3.05, 3.63) is 295 Å². The van der Waals surface area contributed by atoms with Crippen molar-refractivity contribution in [2.75, 3.05) is 61.9 Å². The maximum Gasteiger partial charge on any atom is 0.303 e. The number of aliphatic carboxylic acids is 1. The molecule has 6 atom stereocenters. The van der Waals surface area contributed by atoms with Gasteiger partial charge < -0.3 is 36.2 Å². The van der Waals surface area contributed by atoms with Crippen LogP contribution < -0.4 is 16.4 Å². The summed E-state index contributed by atoms with van der Waals surface area (Å²) >= 11 is 0. The molecule has 20 nitrogen and oxygen atoms in total. The Morgan fingerprint density at radius 1 is 0.477 bits per heavy atom. The molecule has 8 aromatic carbocycles. The van der Waals surface area contributed by atoms with Gasteiger partial charge in [-0.05, 0) is 226 Å². The summed E-state index contributed by atoms with van der Waals surface area (Å²) in [5, 5.41) is 33.2. The molecule has 0 fully saturated rings. The summed E-state index contributed by atoms with van der Waals surface area (Å²) in [6.45, 7) is 16.8. The number of nitrogens with one attached hydrogen (secondary N) is 3. The number of amides is 2. The Hall–Kier alpha value is -10.5. The summed E-state index contributed by atoms with van der Waals surface area (Å²) in [6.07, 6.45) is 19.4. The maximum atomic E-state index is 13.2. The molecule has 22 heteroatoms. The number of carboxylic acid groups (broad SMARTS) is 1. The van der Waals surface area contributed by atoms with Crippen molar-refractivity contribution >= 4 is 70.5 Å². The van der Waals surface area contributed by atoms with Gasteiger partial charge in [-0.3, -0.25) is 19.5 Å². The van der Waals surface area contributed by atoms with Gasteiger partial charge in [0.15, 0.2) is 0 Å². The van der Waals surface area contributed by atoms with E-state index in [1.54, 1.807) is 67.0 Å². The summed E-state index contributed by atoms with van der Waals surface area (Å²) in [4.78, 5) is 43.2. The summed E-state index contributed by atoms with van der Waals surface area (Å²) in [5.74, 6) is -0.153. The van der Waals surface area contributed by atoms with E-state index >= 15 is 0 Å². The van der Waals surface area contributed by atoms with Crippen LogP contribution in [0.5, 0.6) is 0 Å². The van der Waals surface area contributed by atoms with Crippen molar-refractivity contribution in [1.82, 2.24) is 53.9 Å². The monoisotopic (exact) mass is 1540 g/mol. The third-order valence-corrected chi connectivity index (χ3v) is 23.2. The molecule has 0 aliphatic carbocycles. The SMILES string of the molecule is C=CCC[C@@H](CC(=O)NC[C@H](Cc1ccc2[nH]ncc2c1)N(C)C)c1ccccc1.C=CCC[C@@H](CC(=O)NC[C@H](Cc1ccc2c(cnn2S(=O)(=O)c2ccc(C)cc2)c1)N(C)C)c1ccccc1.C=CCC[C@@H](CC(=O)O)c1ccccc1.Cc1ccc(S(=O)(=O)n2ncc3cc(C[C@@H](CN)N(C)C)ccc32)cc1. The minimum atomic E-state index is -3.80. The number of allylic oxidation sites excluding steroid dienone is 3. The predicted molar refractivity (Wildman–Crippen MR) is 449 cm³/mol. The third kappa shape index (κ3) is 25.5. The Labute approximate surface area is 656 Å². The van der Waals surface area contributed by atoms with Crippen molar-refractivity contribution in [1.29, 1.82) is 0 Å². The molecule has 11 rings (SSSR count). The molecule has 0 radical (unpaired) electrons. The number of hydrogen-bond acceptors (Lipinski definition) is 14. The smallest absolute Gasteiger partial charge is 0.303 e. The molecule has 11 aromatic rings. The molecular weight excluding hydrogens is 1430 g/mol. The number of carbonyl (C=O) groups is 3. The Morgan fingerprint density at radius 3 is 1.18 bits per heavy atom. The lowest BCUT2D eigenvalue weighted by Gasteiger charge is -2.25. The normalized spacial score (nSPS) is 13.2. The fraction of sp³-hybridized carbons (Fsp3) is 0.326. The molecule has 0 aliphatic heterocycles. The first-order chi connectivity index (χ1) is 53.3. The van der Waals surface area contributed by atoms with Gasteiger partial charge in [-0.15, -0.1) is 19.7 Å². The van der Waals surface area contributed by atoms with Crippen LogP contribution in [0.4, 0.5) is 0 Å². The number of hydrogen-bond donors (Lipinski definition) is 5. The van der Waals surface area contributed by atoms with Crippen molar-refractivity contribution in [2.45, 2.75) is 137 Å². The Morgan fingerprint density at radius 2 is 0.829 bits per heavy atom. The zero-order valence-electron chi connectivity index (χ0n) is 65.4. The summed E-state index contributed by atoms with van der Waals surface area (Å²) in [6, 6.07) is 62.1. The van der Waals surface area contributed by atoms with E-state index in [0.717, 1.165) is 109 Å². The van der Waals surface area contributed by atoms with E-state index in [1.165, 1.54) is 16.7 Å². The van der Waals surface area contributed by atoms with E-state index < -0.39 is 26.0 Å². The molecule has 111 heavy (non-hydrogen) atoms. The highest BCUT2D eigenvalue weighted by Gasteiger charge is 2.26. The average molecular weight is 1540 g/mol. The Balaban J connectivity index is 0.000000195. The van der Waals surface area contributed by atoms with Crippen LogP contribution in [-0.4, -0.2) is 163 Å². The lowest BCUT2D eigenvalue weighted by Crippen LogP contribution is -2.41. The highest BCUT2D eigenvalue weighted by Crippen LogP contribution is 2.30. The van der Waals surface area contributed by atoms with Crippen LogP contribution in [0.25, 0.3) is 32.7 Å². The molecule has 586 valence electrons. The van der Waals surface area contributed by atoms with Gasteiger partial charge >= 0.3 is 5.97 Å². The number of benzene rings is 8. The number of rotatable bonds is 36. The molecule has 2 amide bonds. The first-order valence-electron chi connectivity index (χ1n) is 37.7. The van der Waals surface area contributed by atoms with Crippen LogP contribution in [0.3, 0.4) is 0 Å².